The van der Waals surface area contributed by atoms with E-state index in [9.17, 15) is 0 Å². The standard InChI is InChI=1S/C10H10.C8H7Cl/c1-3-9-7-5-6-8-10(9)4-2;1-7(9)8-5-3-2-4-6-8/h3-8H,1-2H2;2-6H,1H2. The molecule has 0 bridgehead atoms. The molecular weight excluding hydrogens is 252 g/mol. The molecule has 0 unspecified atom stereocenters. The van der Waals surface area contributed by atoms with Gasteiger partial charge in [0, 0.05) is 5.03 Å². The van der Waals surface area contributed by atoms with Gasteiger partial charge in [-0.3, -0.25) is 0 Å². The smallest absolute Gasteiger partial charge is 0.0406 e. The van der Waals surface area contributed by atoms with Crippen LogP contribution in [-0.4, -0.2) is 0 Å². The van der Waals surface area contributed by atoms with Gasteiger partial charge in [0.25, 0.3) is 0 Å². The van der Waals surface area contributed by atoms with Crippen molar-refractivity contribution in [2.75, 3.05) is 0 Å². The van der Waals surface area contributed by atoms with Gasteiger partial charge >= 0.3 is 0 Å². The zero-order valence-electron chi connectivity index (χ0n) is 10.9. The molecule has 1 heteroatoms. The van der Waals surface area contributed by atoms with Gasteiger partial charge in [0.15, 0.2) is 0 Å². The summed E-state index contributed by atoms with van der Waals surface area (Å²) >= 11 is 5.61. The summed E-state index contributed by atoms with van der Waals surface area (Å²) in [6, 6.07) is 17.7. The monoisotopic (exact) mass is 268 g/mol. The molecule has 0 aliphatic rings. The van der Waals surface area contributed by atoms with Gasteiger partial charge in [-0.25, -0.2) is 0 Å². The van der Waals surface area contributed by atoms with Gasteiger partial charge < -0.3 is 0 Å². The van der Waals surface area contributed by atoms with Crippen LogP contribution in [0.3, 0.4) is 0 Å². The summed E-state index contributed by atoms with van der Waals surface area (Å²) in [5, 5.41) is 0.593. The van der Waals surface area contributed by atoms with Crippen LogP contribution in [0.4, 0.5) is 0 Å². The van der Waals surface area contributed by atoms with E-state index in [1.165, 1.54) is 0 Å². The van der Waals surface area contributed by atoms with Crippen LogP contribution < -0.4 is 0 Å². The highest BCUT2D eigenvalue weighted by Gasteiger charge is 1.89. The maximum absolute atomic E-state index is 5.61. The Balaban J connectivity index is 0.000000191. The summed E-state index contributed by atoms with van der Waals surface area (Å²) in [5.41, 5.74) is 3.26. The molecule has 0 nitrogen and oxygen atoms in total. The first-order valence-corrected chi connectivity index (χ1v) is 6.30. The SMILES string of the molecule is C=C(Cl)c1ccccc1.C=Cc1ccccc1C=C. The minimum absolute atomic E-state index is 0.593. The van der Waals surface area contributed by atoms with Crippen molar-refractivity contribution in [1.29, 1.82) is 0 Å². The molecule has 2 aromatic carbocycles. The number of rotatable bonds is 3. The fraction of sp³-hybridized carbons (Fsp3) is 0. The Kier molecular flexibility index (Phi) is 6.42. The van der Waals surface area contributed by atoms with E-state index in [4.69, 9.17) is 11.6 Å². The normalized spacial score (nSPS) is 8.89. The summed E-state index contributed by atoms with van der Waals surface area (Å²) < 4.78 is 0. The van der Waals surface area contributed by atoms with E-state index in [2.05, 4.69) is 19.7 Å². The molecular formula is C18H17Cl. The molecule has 0 atom stereocenters. The lowest BCUT2D eigenvalue weighted by molar-refractivity contribution is 1.62. The number of benzene rings is 2. The first kappa shape index (κ1) is 15.0. The minimum Gasteiger partial charge on any atom is -0.0984 e. The summed E-state index contributed by atoms with van der Waals surface area (Å²) in [6.07, 6.45) is 3.66. The van der Waals surface area contributed by atoms with Crippen LogP contribution in [0.15, 0.2) is 74.3 Å². The van der Waals surface area contributed by atoms with Gasteiger partial charge in [-0.1, -0.05) is 98.1 Å². The van der Waals surface area contributed by atoms with Gasteiger partial charge in [0.1, 0.15) is 0 Å². The van der Waals surface area contributed by atoms with E-state index in [-0.39, 0.29) is 0 Å². The zero-order chi connectivity index (χ0) is 14.1. The molecule has 0 spiro atoms. The maximum Gasteiger partial charge on any atom is 0.0406 e. The lowest BCUT2D eigenvalue weighted by atomic mass is 10.1. The van der Waals surface area contributed by atoms with E-state index in [0.717, 1.165) is 16.7 Å². The Morgan fingerprint density at radius 3 is 1.53 bits per heavy atom. The lowest BCUT2D eigenvalue weighted by Gasteiger charge is -1.96. The van der Waals surface area contributed by atoms with E-state index in [1.54, 1.807) is 0 Å². The van der Waals surface area contributed by atoms with E-state index < -0.39 is 0 Å². The molecule has 0 aliphatic carbocycles. The molecule has 0 fully saturated rings. The van der Waals surface area contributed by atoms with Crippen molar-refractivity contribution < 1.29 is 0 Å². The van der Waals surface area contributed by atoms with Crippen molar-refractivity contribution in [3.05, 3.63) is 91.0 Å². The second-order valence-corrected chi connectivity index (χ2v) is 4.26. The second kappa shape index (κ2) is 8.12. The fourth-order valence-electron chi connectivity index (χ4n) is 1.50. The van der Waals surface area contributed by atoms with E-state index >= 15 is 0 Å². The Bertz CT molecular complexity index is 526. The van der Waals surface area contributed by atoms with Crippen molar-refractivity contribution in [2.45, 2.75) is 0 Å². The highest BCUT2D eigenvalue weighted by Crippen LogP contribution is 2.14. The van der Waals surface area contributed by atoms with Crippen LogP contribution in [-0.2, 0) is 0 Å². The van der Waals surface area contributed by atoms with Crippen LogP contribution >= 0.6 is 11.6 Å². The number of halogens is 1. The predicted molar refractivity (Wildman–Crippen MR) is 88.0 cm³/mol. The maximum atomic E-state index is 5.61. The molecule has 2 aromatic rings. The molecule has 0 radical (unpaired) electrons. The molecule has 0 heterocycles. The van der Waals surface area contributed by atoms with Gasteiger partial charge in [0.2, 0.25) is 0 Å². The first-order chi connectivity index (χ1) is 9.19. The molecule has 19 heavy (non-hydrogen) atoms. The van der Waals surface area contributed by atoms with Crippen LogP contribution in [0, 0.1) is 0 Å². The average molecular weight is 269 g/mol. The summed E-state index contributed by atoms with van der Waals surface area (Å²) in [6.45, 7) is 11.0. The highest BCUT2D eigenvalue weighted by atomic mass is 35.5. The summed E-state index contributed by atoms with van der Waals surface area (Å²) in [5.74, 6) is 0. The van der Waals surface area contributed by atoms with Crippen molar-refractivity contribution in [3.8, 4) is 0 Å². The number of hydrogen-bond acceptors (Lipinski definition) is 0. The summed E-state index contributed by atoms with van der Waals surface area (Å²) in [7, 11) is 0. The van der Waals surface area contributed by atoms with Gasteiger partial charge in [-0.15, -0.1) is 0 Å². The highest BCUT2D eigenvalue weighted by molar-refractivity contribution is 6.48. The van der Waals surface area contributed by atoms with Crippen LogP contribution in [0.5, 0.6) is 0 Å². The van der Waals surface area contributed by atoms with Crippen LogP contribution in [0.1, 0.15) is 16.7 Å². The Morgan fingerprint density at radius 2 is 1.21 bits per heavy atom. The predicted octanol–water partition coefficient (Wildman–Crippen LogP) is 5.87. The van der Waals surface area contributed by atoms with Gasteiger partial charge in [-0.05, 0) is 16.7 Å². The zero-order valence-corrected chi connectivity index (χ0v) is 11.6. The number of hydrogen-bond donors (Lipinski definition) is 0. The molecule has 0 aliphatic heterocycles. The molecule has 0 amide bonds. The topological polar surface area (TPSA) is 0 Å². The molecule has 0 N–H and O–H groups in total. The third kappa shape index (κ3) is 4.99. The van der Waals surface area contributed by atoms with E-state index in [1.807, 2.05) is 66.7 Å². The van der Waals surface area contributed by atoms with Crippen molar-refractivity contribution >= 4 is 28.8 Å². The van der Waals surface area contributed by atoms with Crippen molar-refractivity contribution in [3.63, 3.8) is 0 Å². The fourth-order valence-corrected chi connectivity index (χ4v) is 1.63. The molecule has 0 saturated carbocycles. The average Bonchev–Trinajstić information content (AvgIpc) is 2.48. The van der Waals surface area contributed by atoms with Crippen molar-refractivity contribution in [2.24, 2.45) is 0 Å². The largest absolute Gasteiger partial charge is 0.0984 e. The second-order valence-electron chi connectivity index (χ2n) is 3.81. The molecule has 0 saturated heterocycles. The van der Waals surface area contributed by atoms with Crippen LogP contribution in [0.2, 0.25) is 0 Å². The minimum atomic E-state index is 0.593. The Hall–Kier alpha value is -2.05. The third-order valence-corrected chi connectivity index (χ3v) is 2.74. The Morgan fingerprint density at radius 1 is 0.789 bits per heavy atom. The van der Waals surface area contributed by atoms with E-state index in [0.29, 0.717) is 5.03 Å². The lowest BCUT2D eigenvalue weighted by Crippen LogP contribution is -1.76. The van der Waals surface area contributed by atoms with Crippen LogP contribution in [0.25, 0.3) is 17.2 Å². The molecule has 0 aromatic heterocycles. The van der Waals surface area contributed by atoms with Gasteiger partial charge in [0.05, 0.1) is 0 Å². The Labute approximate surface area is 120 Å². The summed E-state index contributed by atoms with van der Waals surface area (Å²) in [4.78, 5) is 0. The van der Waals surface area contributed by atoms with Gasteiger partial charge in [-0.2, -0.15) is 0 Å². The quantitative estimate of drug-likeness (QED) is 0.653. The molecule has 2 rings (SSSR count). The van der Waals surface area contributed by atoms with Crippen molar-refractivity contribution in [1.82, 2.24) is 0 Å². The first-order valence-electron chi connectivity index (χ1n) is 5.92. The third-order valence-electron chi connectivity index (χ3n) is 2.52. The molecule has 96 valence electrons.